The fourth-order valence-electron chi connectivity index (χ4n) is 1.67. The molecule has 1 N–H and O–H groups in total. The van der Waals surface area contributed by atoms with Crippen molar-refractivity contribution in [2.24, 2.45) is 0 Å². The van der Waals surface area contributed by atoms with Gasteiger partial charge in [0.2, 0.25) is 0 Å². The highest BCUT2D eigenvalue weighted by Gasteiger charge is 2.09. The van der Waals surface area contributed by atoms with Crippen LogP contribution >= 0.6 is 11.6 Å². The lowest BCUT2D eigenvalue weighted by atomic mass is 10.0. The number of halogens is 1. The molecule has 1 aliphatic rings. The van der Waals surface area contributed by atoms with Crippen molar-refractivity contribution in [3.63, 3.8) is 0 Å². The monoisotopic (exact) mass is 211 g/mol. The maximum absolute atomic E-state index is 5.68. The summed E-state index contributed by atoms with van der Waals surface area (Å²) < 4.78 is 5.26. The summed E-state index contributed by atoms with van der Waals surface area (Å²) in [6, 6.07) is 4.27. The molecule has 1 aliphatic carbocycles. The van der Waals surface area contributed by atoms with Crippen LogP contribution in [-0.2, 0) is 6.54 Å². The first-order valence-electron chi connectivity index (χ1n) is 4.97. The van der Waals surface area contributed by atoms with Gasteiger partial charge in [0, 0.05) is 6.04 Å². The van der Waals surface area contributed by atoms with Gasteiger partial charge < -0.3 is 9.73 Å². The Morgan fingerprint density at radius 2 is 2.36 bits per heavy atom. The molecule has 0 aliphatic heterocycles. The van der Waals surface area contributed by atoms with Crippen LogP contribution in [0.4, 0.5) is 0 Å². The molecule has 0 aromatic carbocycles. The van der Waals surface area contributed by atoms with E-state index < -0.39 is 0 Å². The zero-order valence-electron chi connectivity index (χ0n) is 8.00. The number of allylic oxidation sites excluding steroid dienone is 1. The second-order valence-corrected chi connectivity index (χ2v) is 3.94. The van der Waals surface area contributed by atoms with Crippen LogP contribution in [0.15, 0.2) is 28.7 Å². The first kappa shape index (κ1) is 9.81. The van der Waals surface area contributed by atoms with Crippen LogP contribution in [0.5, 0.6) is 0 Å². The SMILES string of the molecule is Clc1ccc(CNC2CC=CCC2)o1. The van der Waals surface area contributed by atoms with E-state index in [1.807, 2.05) is 6.07 Å². The van der Waals surface area contributed by atoms with E-state index in [4.69, 9.17) is 16.0 Å². The molecular weight excluding hydrogens is 198 g/mol. The Balaban J connectivity index is 1.79. The first-order chi connectivity index (χ1) is 6.84. The third kappa shape index (κ3) is 2.63. The van der Waals surface area contributed by atoms with E-state index in [0.29, 0.717) is 11.3 Å². The Labute approximate surface area is 88.9 Å². The summed E-state index contributed by atoms with van der Waals surface area (Å²) >= 11 is 5.68. The maximum atomic E-state index is 5.68. The molecule has 2 rings (SSSR count). The van der Waals surface area contributed by atoms with Crippen molar-refractivity contribution in [1.29, 1.82) is 0 Å². The molecule has 1 unspecified atom stereocenters. The van der Waals surface area contributed by atoms with Gasteiger partial charge in [-0.05, 0) is 43.0 Å². The van der Waals surface area contributed by atoms with Crippen molar-refractivity contribution in [2.75, 3.05) is 0 Å². The Morgan fingerprint density at radius 1 is 1.43 bits per heavy atom. The van der Waals surface area contributed by atoms with Gasteiger partial charge in [0.15, 0.2) is 5.22 Å². The van der Waals surface area contributed by atoms with Crippen molar-refractivity contribution in [3.05, 3.63) is 35.3 Å². The third-order valence-electron chi connectivity index (χ3n) is 2.46. The van der Waals surface area contributed by atoms with Crippen molar-refractivity contribution >= 4 is 11.6 Å². The van der Waals surface area contributed by atoms with Gasteiger partial charge in [0.1, 0.15) is 5.76 Å². The van der Waals surface area contributed by atoms with E-state index in [1.54, 1.807) is 6.07 Å². The molecule has 3 heteroatoms. The summed E-state index contributed by atoms with van der Waals surface area (Å²) in [5.41, 5.74) is 0. The molecule has 2 nitrogen and oxygen atoms in total. The maximum Gasteiger partial charge on any atom is 0.193 e. The Bertz CT molecular complexity index is 319. The highest BCUT2D eigenvalue weighted by Crippen LogP contribution is 2.15. The van der Waals surface area contributed by atoms with Gasteiger partial charge in [0.05, 0.1) is 6.54 Å². The van der Waals surface area contributed by atoms with Crippen molar-refractivity contribution in [3.8, 4) is 0 Å². The molecule has 14 heavy (non-hydrogen) atoms. The summed E-state index contributed by atoms with van der Waals surface area (Å²) in [6.07, 6.45) is 7.98. The predicted molar refractivity (Wildman–Crippen MR) is 57.3 cm³/mol. The van der Waals surface area contributed by atoms with Gasteiger partial charge in [-0.25, -0.2) is 0 Å². The van der Waals surface area contributed by atoms with Crippen LogP contribution in [0.1, 0.15) is 25.0 Å². The van der Waals surface area contributed by atoms with E-state index in [2.05, 4.69) is 17.5 Å². The highest BCUT2D eigenvalue weighted by molar-refractivity contribution is 6.28. The van der Waals surface area contributed by atoms with Crippen LogP contribution in [-0.4, -0.2) is 6.04 Å². The summed E-state index contributed by atoms with van der Waals surface area (Å²) in [5, 5.41) is 3.91. The summed E-state index contributed by atoms with van der Waals surface area (Å²) in [4.78, 5) is 0. The minimum absolute atomic E-state index is 0.463. The third-order valence-corrected chi connectivity index (χ3v) is 2.67. The van der Waals surface area contributed by atoms with Gasteiger partial charge in [-0.1, -0.05) is 12.2 Å². The second-order valence-electron chi connectivity index (χ2n) is 3.57. The molecule has 1 aromatic rings. The lowest BCUT2D eigenvalue weighted by Crippen LogP contribution is -2.28. The van der Waals surface area contributed by atoms with Crippen molar-refractivity contribution in [1.82, 2.24) is 5.32 Å². The number of rotatable bonds is 3. The molecule has 1 atom stereocenters. The van der Waals surface area contributed by atoms with Gasteiger partial charge in [-0.2, -0.15) is 0 Å². The number of hydrogen-bond acceptors (Lipinski definition) is 2. The summed E-state index contributed by atoms with van der Waals surface area (Å²) in [5.74, 6) is 0.907. The van der Waals surface area contributed by atoms with E-state index in [9.17, 15) is 0 Å². The molecule has 1 heterocycles. The van der Waals surface area contributed by atoms with Gasteiger partial charge in [0.25, 0.3) is 0 Å². The lowest BCUT2D eigenvalue weighted by molar-refractivity contribution is 0.425. The van der Waals surface area contributed by atoms with Crippen LogP contribution in [0.25, 0.3) is 0 Å². The molecule has 0 amide bonds. The summed E-state index contributed by atoms with van der Waals surface area (Å²) in [7, 11) is 0. The van der Waals surface area contributed by atoms with Crippen LogP contribution in [0.2, 0.25) is 5.22 Å². The van der Waals surface area contributed by atoms with Crippen LogP contribution in [0, 0.1) is 0 Å². The number of hydrogen-bond donors (Lipinski definition) is 1. The molecule has 0 radical (unpaired) electrons. The van der Waals surface area contributed by atoms with E-state index in [1.165, 1.54) is 12.8 Å². The number of furan rings is 1. The van der Waals surface area contributed by atoms with Gasteiger partial charge in [-0.3, -0.25) is 0 Å². The topological polar surface area (TPSA) is 25.2 Å². The molecule has 0 bridgehead atoms. The van der Waals surface area contributed by atoms with Gasteiger partial charge >= 0.3 is 0 Å². The second kappa shape index (κ2) is 4.67. The molecule has 0 saturated heterocycles. The average molecular weight is 212 g/mol. The van der Waals surface area contributed by atoms with E-state index in [0.717, 1.165) is 18.7 Å². The minimum Gasteiger partial charge on any atom is -0.448 e. The standard InChI is InChI=1S/C11H14ClNO/c12-11-7-6-10(14-11)8-13-9-4-2-1-3-5-9/h1-2,6-7,9,13H,3-5,8H2. The molecule has 0 saturated carbocycles. The molecule has 1 aromatic heterocycles. The molecular formula is C11H14ClNO. The Morgan fingerprint density at radius 3 is 3.00 bits per heavy atom. The predicted octanol–water partition coefficient (Wildman–Crippen LogP) is 3.13. The summed E-state index contributed by atoms with van der Waals surface area (Å²) in [6.45, 7) is 0.769. The zero-order chi connectivity index (χ0) is 9.80. The lowest BCUT2D eigenvalue weighted by Gasteiger charge is -2.18. The van der Waals surface area contributed by atoms with E-state index in [-0.39, 0.29) is 0 Å². The average Bonchev–Trinajstić information content (AvgIpc) is 2.63. The Hall–Kier alpha value is -0.730. The number of nitrogens with one attached hydrogen (secondary N) is 1. The molecule has 76 valence electrons. The largest absolute Gasteiger partial charge is 0.448 e. The smallest absolute Gasteiger partial charge is 0.193 e. The van der Waals surface area contributed by atoms with E-state index >= 15 is 0 Å². The normalized spacial score (nSPS) is 21.4. The fraction of sp³-hybridized carbons (Fsp3) is 0.455. The quantitative estimate of drug-likeness (QED) is 0.778. The highest BCUT2D eigenvalue weighted by atomic mass is 35.5. The fourth-order valence-corrected chi connectivity index (χ4v) is 1.83. The molecule has 0 fully saturated rings. The van der Waals surface area contributed by atoms with Crippen LogP contribution in [0.3, 0.4) is 0 Å². The first-order valence-corrected chi connectivity index (χ1v) is 5.35. The molecule has 0 spiro atoms. The Kier molecular flexibility index (Phi) is 3.27. The van der Waals surface area contributed by atoms with Crippen molar-refractivity contribution in [2.45, 2.75) is 31.8 Å². The van der Waals surface area contributed by atoms with Crippen molar-refractivity contribution < 1.29 is 4.42 Å². The minimum atomic E-state index is 0.463. The van der Waals surface area contributed by atoms with Crippen LogP contribution < -0.4 is 5.32 Å². The zero-order valence-corrected chi connectivity index (χ0v) is 8.76. The van der Waals surface area contributed by atoms with Gasteiger partial charge in [-0.15, -0.1) is 0 Å².